The van der Waals surface area contributed by atoms with Crippen LogP contribution in [0.1, 0.15) is 122 Å². The SMILES string of the molecule is CC1(C)C2=CC(C3(c4ccc(P(C5=CCCCC5)C5CC=CCC5)cc4)C4=CCCC=C4C4=C3CCC=C4)=CCC2N(C2C=CC=CC2)C2CCCC21. The van der Waals surface area contributed by atoms with E-state index in [2.05, 4.69) is 122 Å². The summed E-state index contributed by atoms with van der Waals surface area (Å²) in [5.74, 6) is 0.724. The number of hydrogen-bond acceptors (Lipinski definition) is 1. The second-order valence-electron chi connectivity index (χ2n) is 18.1. The summed E-state index contributed by atoms with van der Waals surface area (Å²) in [5, 5.41) is 3.42. The molecular formula is C51H60NP. The number of allylic oxidation sites excluding steroid dienone is 16. The first-order valence-electron chi connectivity index (χ1n) is 21.7. The van der Waals surface area contributed by atoms with Crippen molar-refractivity contribution in [3.63, 3.8) is 0 Å². The van der Waals surface area contributed by atoms with E-state index in [4.69, 9.17) is 0 Å². The summed E-state index contributed by atoms with van der Waals surface area (Å²) in [6.45, 7) is 5.26. The zero-order valence-electron chi connectivity index (χ0n) is 32.4. The van der Waals surface area contributed by atoms with Gasteiger partial charge in [-0.05, 0) is 171 Å². The summed E-state index contributed by atoms with van der Waals surface area (Å²) < 4.78 is 0. The van der Waals surface area contributed by atoms with E-state index < -0.39 is 0 Å². The van der Waals surface area contributed by atoms with E-state index in [1.54, 1.807) is 32.9 Å². The fourth-order valence-electron chi connectivity index (χ4n) is 12.8. The van der Waals surface area contributed by atoms with Crippen LogP contribution in [0.2, 0.25) is 0 Å². The minimum Gasteiger partial charge on any atom is -0.286 e. The molecule has 0 radical (unpaired) electrons. The van der Waals surface area contributed by atoms with Crippen molar-refractivity contribution in [1.82, 2.24) is 4.90 Å². The molecule has 7 atom stereocenters. The maximum absolute atomic E-state index is 3.01. The minimum absolute atomic E-state index is 0.195. The van der Waals surface area contributed by atoms with E-state index in [-0.39, 0.29) is 18.8 Å². The second-order valence-corrected chi connectivity index (χ2v) is 20.7. The lowest BCUT2D eigenvalue weighted by atomic mass is 9.58. The lowest BCUT2D eigenvalue weighted by Crippen LogP contribution is -2.60. The van der Waals surface area contributed by atoms with Gasteiger partial charge in [0, 0.05) is 18.1 Å². The van der Waals surface area contributed by atoms with Crippen LogP contribution in [0.15, 0.2) is 142 Å². The highest BCUT2D eigenvalue weighted by atomic mass is 31.1. The molecule has 1 aromatic carbocycles. The van der Waals surface area contributed by atoms with E-state index >= 15 is 0 Å². The van der Waals surface area contributed by atoms with Crippen molar-refractivity contribution in [3.05, 3.63) is 148 Å². The monoisotopic (exact) mass is 717 g/mol. The van der Waals surface area contributed by atoms with Gasteiger partial charge in [0.1, 0.15) is 0 Å². The van der Waals surface area contributed by atoms with Gasteiger partial charge in [0.15, 0.2) is 0 Å². The molecular weight excluding hydrogens is 658 g/mol. The average molecular weight is 718 g/mol. The Morgan fingerprint density at radius 2 is 1.64 bits per heavy atom. The van der Waals surface area contributed by atoms with Crippen molar-refractivity contribution in [2.45, 2.75) is 146 Å². The van der Waals surface area contributed by atoms with E-state index in [0.717, 1.165) is 50.1 Å². The predicted molar refractivity (Wildman–Crippen MR) is 227 cm³/mol. The van der Waals surface area contributed by atoms with Crippen LogP contribution in [0.25, 0.3) is 0 Å². The molecule has 53 heavy (non-hydrogen) atoms. The Balaban J connectivity index is 1.12. The van der Waals surface area contributed by atoms with Crippen molar-refractivity contribution >= 4 is 13.2 Å². The van der Waals surface area contributed by atoms with Gasteiger partial charge in [-0.3, -0.25) is 4.90 Å². The number of likely N-dealkylation sites (tertiary alicyclic amines) is 1. The lowest BCUT2D eigenvalue weighted by molar-refractivity contribution is 0.00676. The van der Waals surface area contributed by atoms with Crippen molar-refractivity contribution < 1.29 is 0 Å². The Morgan fingerprint density at radius 1 is 0.736 bits per heavy atom. The van der Waals surface area contributed by atoms with Gasteiger partial charge in [-0.2, -0.15) is 0 Å². The van der Waals surface area contributed by atoms with E-state index in [9.17, 15) is 0 Å². The largest absolute Gasteiger partial charge is 0.286 e. The number of nitrogens with zero attached hydrogens (tertiary/aromatic N) is 1. The molecule has 9 aliphatic rings. The molecule has 2 heteroatoms. The lowest BCUT2D eigenvalue weighted by Gasteiger charge is -2.57. The van der Waals surface area contributed by atoms with Crippen molar-refractivity contribution in [3.8, 4) is 0 Å². The topological polar surface area (TPSA) is 3.24 Å². The molecule has 1 saturated carbocycles. The number of rotatable bonds is 6. The summed E-state index contributed by atoms with van der Waals surface area (Å²) in [6, 6.07) is 12.2. The smallest absolute Gasteiger partial charge is 0.0670 e. The highest BCUT2D eigenvalue weighted by molar-refractivity contribution is 7.70. The Hall–Kier alpha value is -2.99. The highest BCUT2D eigenvalue weighted by Crippen LogP contribution is 2.63. The molecule has 1 heterocycles. The third kappa shape index (κ3) is 5.53. The third-order valence-electron chi connectivity index (χ3n) is 15.1. The van der Waals surface area contributed by atoms with Gasteiger partial charge in [0.05, 0.1) is 5.41 Å². The Bertz CT molecular complexity index is 1950. The van der Waals surface area contributed by atoms with Gasteiger partial charge in [0.2, 0.25) is 0 Å². The first kappa shape index (κ1) is 34.5. The first-order chi connectivity index (χ1) is 26.1. The van der Waals surface area contributed by atoms with E-state index in [0.29, 0.717) is 18.1 Å². The van der Waals surface area contributed by atoms with Crippen LogP contribution in [0, 0.1) is 11.3 Å². The first-order valence-corrected chi connectivity index (χ1v) is 23.1. The van der Waals surface area contributed by atoms with Crippen LogP contribution in [0.3, 0.4) is 0 Å². The Labute approximate surface area is 321 Å². The molecule has 274 valence electrons. The minimum atomic E-state index is -0.301. The quantitative estimate of drug-likeness (QED) is 0.209. The second kappa shape index (κ2) is 13.9. The third-order valence-corrected chi connectivity index (χ3v) is 18.2. The predicted octanol–water partition coefficient (Wildman–Crippen LogP) is 12.9. The molecule has 0 spiro atoms. The maximum atomic E-state index is 3.01. The summed E-state index contributed by atoms with van der Waals surface area (Å²) in [6.07, 6.45) is 53.0. The van der Waals surface area contributed by atoms with Crippen molar-refractivity contribution in [2.24, 2.45) is 11.3 Å². The molecule has 7 unspecified atom stereocenters. The van der Waals surface area contributed by atoms with Gasteiger partial charge >= 0.3 is 0 Å². The van der Waals surface area contributed by atoms with Crippen LogP contribution in [0.4, 0.5) is 0 Å². The summed E-state index contributed by atoms with van der Waals surface area (Å²) in [7, 11) is -0.301. The van der Waals surface area contributed by atoms with Crippen LogP contribution in [0.5, 0.6) is 0 Å². The number of fused-ring (bicyclic) bond motifs is 4. The van der Waals surface area contributed by atoms with Crippen molar-refractivity contribution in [1.29, 1.82) is 0 Å². The van der Waals surface area contributed by atoms with Gasteiger partial charge < -0.3 is 0 Å². The average Bonchev–Trinajstić information content (AvgIpc) is 3.83. The fourth-order valence-corrected chi connectivity index (χ4v) is 16.0. The molecule has 1 aliphatic heterocycles. The summed E-state index contributed by atoms with van der Waals surface area (Å²) in [4.78, 5) is 3.01. The Morgan fingerprint density at radius 3 is 2.45 bits per heavy atom. The van der Waals surface area contributed by atoms with Gasteiger partial charge in [0.25, 0.3) is 0 Å². The molecule has 0 aromatic heterocycles. The molecule has 0 N–H and O–H groups in total. The molecule has 1 aromatic rings. The number of piperidine rings is 1. The molecule has 0 amide bonds. The molecule has 1 saturated heterocycles. The van der Waals surface area contributed by atoms with Gasteiger partial charge in [-0.15, -0.1) is 0 Å². The van der Waals surface area contributed by atoms with Gasteiger partial charge in [-0.1, -0.05) is 124 Å². The molecule has 10 rings (SSSR count). The Kier molecular flexibility index (Phi) is 9.08. The van der Waals surface area contributed by atoms with Crippen LogP contribution < -0.4 is 5.30 Å². The van der Waals surface area contributed by atoms with E-state index in [1.165, 1.54) is 80.9 Å². The molecule has 1 nitrogen and oxygen atoms in total. The standard InChI is InChI=1S/C51H60NP/c1-50(2)46-27-16-28-48(46)52(38-17-6-3-7-18-38)49-34-31-37(35-47(49)50)51(44-25-14-12-23-42(44)43-24-13-15-26-45(43)51)36-29-32-41(33-30-36)53(39-19-8-4-9-20-39)40-21-10-5-11-22-40/h3-4,6-8,12,17,21,23-24,26,29-33,35,38-39,46,48-49H,5,9-11,13-16,18-20,22,25,27-28,34H2,1-2H3. The van der Waals surface area contributed by atoms with Crippen LogP contribution in [-0.2, 0) is 5.41 Å². The van der Waals surface area contributed by atoms with Crippen LogP contribution >= 0.6 is 7.92 Å². The summed E-state index contributed by atoms with van der Waals surface area (Å²) >= 11 is 0. The number of benzene rings is 1. The molecule has 8 aliphatic carbocycles. The van der Waals surface area contributed by atoms with Crippen molar-refractivity contribution in [2.75, 3.05) is 0 Å². The molecule has 0 bridgehead atoms. The fraction of sp³-hybridized carbons (Fsp3) is 0.490. The van der Waals surface area contributed by atoms with Gasteiger partial charge in [-0.25, -0.2) is 0 Å². The van der Waals surface area contributed by atoms with Crippen LogP contribution in [-0.4, -0.2) is 28.7 Å². The normalized spacial score (nSPS) is 35.0. The highest BCUT2D eigenvalue weighted by Gasteiger charge is 2.56. The zero-order valence-corrected chi connectivity index (χ0v) is 33.3. The zero-order chi connectivity index (χ0) is 35.6. The van der Waals surface area contributed by atoms with E-state index in [1.807, 2.05) is 0 Å². The number of hydrogen-bond donors (Lipinski definition) is 0. The maximum Gasteiger partial charge on any atom is 0.0670 e. The summed E-state index contributed by atoms with van der Waals surface area (Å²) in [5.41, 5.74) is 11.9. The molecule has 2 fully saturated rings.